The van der Waals surface area contributed by atoms with Crippen LogP contribution in [0.25, 0.3) is 11.1 Å². The van der Waals surface area contributed by atoms with Gasteiger partial charge in [0.05, 0.1) is 16.7 Å². The molecule has 9 nitrogen and oxygen atoms in total. The van der Waals surface area contributed by atoms with Gasteiger partial charge in [-0.15, -0.1) is 0 Å². The molecule has 4 N–H and O–H groups in total. The molecule has 1 fully saturated rings. The van der Waals surface area contributed by atoms with Gasteiger partial charge >= 0.3 is 6.03 Å². The Hall–Kier alpha value is -3.80. The van der Waals surface area contributed by atoms with Gasteiger partial charge in [-0.25, -0.2) is 22.7 Å². The maximum atomic E-state index is 15.1. The number of nitrogens with one attached hydrogen (secondary N) is 2. The van der Waals surface area contributed by atoms with Crippen molar-refractivity contribution in [2.24, 2.45) is 5.14 Å². The maximum Gasteiger partial charge on any atom is 0.322 e. The van der Waals surface area contributed by atoms with Crippen LogP contribution in [0.2, 0.25) is 0 Å². The second kappa shape index (κ2) is 11.3. The number of ether oxygens (including phenoxy) is 1. The van der Waals surface area contributed by atoms with Crippen molar-refractivity contribution in [3.63, 3.8) is 0 Å². The summed E-state index contributed by atoms with van der Waals surface area (Å²) in [5, 5.41) is 10.7. The summed E-state index contributed by atoms with van der Waals surface area (Å²) in [5.41, 5.74) is 2.04. The number of halogens is 1. The minimum absolute atomic E-state index is 0.106. The predicted molar refractivity (Wildman–Crippen MR) is 143 cm³/mol. The van der Waals surface area contributed by atoms with E-state index >= 15 is 4.39 Å². The number of nitrogens with two attached hydrogens (primary N) is 1. The molecule has 1 aliphatic heterocycles. The van der Waals surface area contributed by atoms with Crippen LogP contribution >= 0.6 is 0 Å². The van der Waals surface area contributed by atoms with Gasteiger partial charge < -0.3 is 20.3 Å². The summed E-state index contributed by atoms with van der Waals surface area (Å²) >= 11 is 0. The monoisotopic (exact) mass is 540 g/mol. The summed E-state index contributed by atoms with van der Waals surface area (Å²) in [5.74, 6) is -1.34. The number of amides is 3. The number of sulfonamides is 1. The van der Waals surface area contributed by atoms with Crippen LogP contribution in [0.5, 0.6) is 0 Å². The standard InChI is InChI=1S/C27H29FN4O5S/c1-3-37-20-15-24(32(16-20)27(34)30-19-11-8-17(2)9-12-19)26(33)31-23-13-10-18(14-22(23)28)21-6-4-5-7-25(21)38(29,35)36/h4-14,20,24H,3,15-16H2,1-2H3,(H,30,34)(H,31,33)(H2,29,35,36)/t20-,24-/m1/s1. The number of benzene rings is 3. The molecule has 1 saturated heterocycles. The van der Waals surface area contributed by atoms with E-state index < -0.39 is 33.8 Å². The van der Waals surface area contributed by atoms with E-state index in [9.17, 15) is 18.0 Å². The van der Waals surface area contributed by atoms with Crippen molar-refractivity contribution in [1.82, 2.24) is 4.90 Å². The van der Waals surface area contributed by atoms with Gasteiger partial charge in [-0.3, -0.25) is 4.79 Å². The molecule has 0 aliphatic carbocycles. The molecule has 0 unspecified atom stereocenters. The number of aryl methyl sites for hydroxylation is 1. The van der Waals surface area contributed by atoms with Crippen molar-refractivity contribution < 1.29 is 27.1 Å². The van der Waals surface area contributed by atoms with Gasteiger partial charge in [-0.1, -0.05) is 42.0 Å². The largest absolute Gasteiger partial charge is 0.377 e. The van der Waals surface area contributed by atoms with E-state index in [0.29, 0.717) is 12.3 Å². The molecule has 0 aromatic heterocycles. The second-order valence-electron chi connectivity index (χ2n) is 9.00. The Balaban J connectivity index is 1.53. The number of primary sulfonamides is 1. The van der Waals surface area contributed by atoms with Gasteiger partial charge in [0.2, 0.25) is 15.9 Å². The minimum atomic E-state index is -4.03. The lowest BCUT2D eigenvalue weighted by atomic mass is 10.0. The molecule has 200 valence electrons. The lowest BCUT2D eigenvalue weighted by Gasteiger charge is -2.24. The Bertz CT molecular complexity index is 1450. The predicted octanol–water partition coefficient (Wildman–Crippen LogP) is 4.10. The first-order chi connectivity index (χ1) is 18.1. The van der Waals surface area contributed by atoms with Crippen molar-refractivity contribution in [3.05, 3.63) is 78.1 Å². The summed E-state index contributed by atoms with van der Waals surface area (Å²) in [4.78, 5) is 27.5. The highest BCUT2D eigenvalue weighted by Crippen LogP contribution is 2.30. The fourth-order valence-corrected chi connectivity index (χ4v) is 5.17. The Morgan fingerprint density at radius 3 is 2.45 bits per heavy atom. The topological polar surface area (TPSA) is 131 Å². The highest BCUT2D eigenvalue weighted by molar-refractivity contribution is 7.89. The Morgan fingerprint density at radius 2 is 1.79 bits per heavy atom. The summed E-state index contributed by atoms with van der Waals surface area (Å²) in [6.45, 7) is 4.39. The number of rotatable bonds is 7. The minimum Gasteiger partial charge on any atom is -0.377 e. The van der Waals surface area contributed by atoms with Gasteiger partial charge in [0.25, 0.3) is 0 Å². The Morgan fingerprint density at radius 1 is 1.08 bits per heavy atom. The molecule has 3 amide bonds. The van der Waals surface area contributed by atoms with Gasteiger partial charge in [0, 0.05) is 30.8 Å². The van der Waals surface area contributed by atoms with Gasteiger partial charge in [-0.2, -0.15) is 0 Å². The van der Waals surface area contributed by atoms with E-state index in [1.54, 1.807) is 18.2 Å². The number of nitrogens with zero attached hydrogens (tertiary/aromatic N) is 1. The van der Waals surface area contributed by atoms with Gasteiger partial charge in [0.1, 0.15) is 11.9 Å². The first kappa shape index (κ1) is 27.2. The first-order valence-corrected chi connectivity index (χ1v) is 13.6. The van der Waals surface area contributed by atoms with Crippen molar-refractivity contribution in [2.75, 3.05) is 23.8 Å². The zero-order valence-corrected chi connectivity index (χ0v) is 21.8. The fourth-order valence-electron chi connectivity index (χ4n) is 4.41. The highest BCUT2D eigenvalue weighted by atomic mass is 32.2. The molecule has 11 heteroatoms. The number of anilines is 2. The Labute approximate surface area is 220 Å². The van der Waals surface area contributed by atoms with Crippen molar-refractivity contribution in [2.45, 2.75) is 37.3 Å². The van der Waals surface area contributed by atoms with Crippen LogP contribution in [-0.4, -0.2) is 50.6 Å². The van der Waals surface area contributed by atoms with Crippen LogP contribution in [0.1, 0.15) is 18.9 Å². The molecule has 0 bridgehead atoms. The number of carbonyl (C=O) groups is 2. The van der Waals surface area contributed by atoms with E-state index in [-0.39, 0.29) is 40.8 Å². The van der Waals surface area contributed by atoms with E-state index in [4.69, 9.17) is 9.88 Å². The molecule has 2 atom stereocenters. The van der Waals surface area contributed by atoms with E-state index in [1.165, 1.54) is 35.2 Å². The third kappa shape index (κ3) is 6.18. The van der Waals surface area contributed by atoms with Crippen LogP contribution < -0.4 is 15.8 Å². The lowest BCUT2D eigenvalue weighted by Crippen LogP contribution is -2.45. The van der Waals surface area contributed by atoms with Crippen molar-refractivity contribution in [3.8, 4) is 11.1 Å². The van der Waals surface area contributed by atoms with Gasteiger partial charge in [-0.05, 0) is 49.7 Å². The molecule has 3 aromatic carbocycles. The molecule has 0 saturated carbocycles. The maximum absolute atomic E-state index is 15.1. The zero-order chi connectivity index (χ0) is 27.4. The molecule has 1 aliphatic rings. The quantitative estimate of drug-likeness (QED) is 0.415. The average molecular weight is 541 g/mol. The number of hydrogen-bond donors (Lipinski definition) is 3. The van der Waals surface area contributed by atoms with Crippen LogP contribution in [0.4, 0.5) is 20.6 Å². The number of hydrogen-bond acceptors (Lipinski definition) is 5. The molecule has 0 spiro atoms. The smallest absolute Gasteiger partial charge is 0.322 e. The van der Waals surface area contributed by atoms with Crippen LogP contribution in [0.3, 0.4) is 0 Å². The van der Waals surface area contributed by atoms with E-state index in [1.807, 2.05) is 26.0 Å². The van der Waals surface area contributed by atoms with Crippen molar-refractivity contribution in [1.29, 1.82) is 0 Å². The van der Waals surface area contributed by atoms with E-state index in [0.717, 1.165) is 11.6 Å². The SMILES string of the molecule is CCO[C@@H]1C[C@H](C(=O)Nc2ccc(-c3ccccc3S(N)(=O)=O)cc2F)N(C(=O)Nc2ccc(C)cc2)C1. The molecule has 0 radical (unpaired) electrons. The number of urea groups is 1. The van der Waals surface area contributed by atoms with Crippen LogP contribution in [-0.2, 0) is 19.6 Å². The number of carbonyl (C=O) groups excluding carboxylic acids is 2. The third-order valence-electron chi connectivity index (χ3n) is 6.26. The summed E-state index contributed by atoms with van der Waals surface area (Å²) in [6, 6.07) is 15.8. The highest BCUT2D eigenvalue weighted by Gasteiger charge is 2.40. The Kier molecular flexibility index (Phi) is 8.10. The van der Waals surface area contributed by atoms with E-state index in [2.05, 4.69) is 10.6 Å². The van der Waals surface area contributed by atoms with Gasteiger partial charge in [0.15, 0.2) is 0 Å². The molecule has 4 rings (SSSR count). The molecule has 1 heterocycles. The average Bonchev–Trinajstić information content (AvgIpc) is 3.31. The molecule has 38 heavy (non-hydrogen) atoms. The summed E-state index contributed by atoms with van der Waals surface area (Å²) in [7, 11) is -4.03. The zero-order valence-electron chi connectivity index (χ0n) is 21.0. The van der Waals surface area contributed by atoms with Crippen molar-refractivity contribution >= 4 is 33.3 Å². The molecular formula is C27H29FN4O5S. The summed E-state index contributed by atoms with van der Waals surface area (Å²) < 4.78 is 44.6. The van der Waals surface area contributed by atoms with Crippen LogP contribution in [0, 0.1) is 12.7 Å². The first-order valence-electron chi connectivity index (χ1n) is 12.1. The summed E-state index contributed by atoms with van der Waals surface area (Å²) in [6.07, 6.45) is -0.0935. The second-order valence-corrected chi connectivity index (χ2v) is 10.5. The number of likely N-dealkylation sites (tertiary alicyclic amines) is 1. The fraction of sp³-hybridized carbons (Fsp3) is 0.259. The molecular weight excluding hydrogens is 511 g/mol. The molecule has 3 aromatic rings. The normalized spacial score (nSPS) is 17.3. The van der Waals surface area contributed by atoms with Crippen LogP contribution in [0.15, 0.2) is 71.6 Å². The lowest BCUT2D eigenvalue weighted by molar-refractivity contribution is -0.119. The third-order valence-corrected chi connectivity index (χ3v) is 7.23.